The van der Waals surface area contributed by atoms with E-state index in [-0.39, 0.29) is 0 Å². The summed E-state index contributed by atoms with van der Waals surface area (Å²) in [4.78, 5) is 7.48. The molecule has 0 spiro atoms. The van der Waals surface area contributed by atoms with E-state index in [1.165, 1.54) is 4.44 Å². The van der Waals surface area contributed by atoms with Crippen LogP contribution in [0.3, 0.4) is 0 Å². The van der Waals surface area contributed by atoms with Crippen LogP contribution in [0.1, 0.15) is 13.8 Å². The van der Waals surface area contributed by atoms with Crippen LogP contribution in [0.5, 0.6) is 0 Å². The van der Waals surface area contributed by atoms with E-state index in [2.05, 4.69) is 28.7 Å². The van der Waals surface area contributed by atoms with Crippen LogP contribution in [0.15, 0.2) is 0 Å². The van der Waals surface area contributed by atoms with Gasteiger partial charge in [-0.3, -0.25) is 0 Å². The first kappa shape index (κ1) is 8.80. The number of hydrogen-bond acceptors (Lipinski definition) is 0. The fourth-order valence-corrected chi connectivity index (χ4v) is 8.22. The van der Waals surface area contributed by atoms with Crippen LogP contribution < -0.4 is 0 Å². The van der Waals surface area contributed by atoms with Crippen molar-refractivity contribution in [3.8, 4) is 0 Å². The first-order valence-corrected chi connectivity index (χ1v) is 14.0. The zero-order valence-electron chi connectivity index (χ0n) is 6.78. The van der Waals surface area contributed by atoms with Crippen LogP contribution >= 0.6 is 0 Å². The zero-order valence-corrected chi connectivity index (χ0v) is 9.64. The summed E-state index contributed by atoms with van der Waals surface area (Å²) in [5, 5.41) is 0. The van der Waals surface area contributed by atoms with Crippen molar-refractivity contribution >= 4 is 18.4 Å². The molecule has 0 aromatic heterocycles. The molecule has 0 aliphatic rings. The van der Waals surface area contributed by atoms with Crippen molar-refractivity contribution in [1.82, 2.24) is 0 Å². The van der Waals surface area contributed by atoms with E-state index in [0.717, 1.165) is 5.92 Å². The average Bonchev–Trinajstić information content (AvgIpc) is 1.21. The van der Waals surface area contributed by atoms with Crippen molar-refractivity contribution in [2.75, 3.05) is 0 Å². The minimum absolute atomic E-state index is 0.936. The second kappa shape index (κ2) is 3.09. The van der Waals surface area contributed by atoms with E-state index < -0.39 is 18.4 Å². The third-order valence-corrected chi connectivity index (χ3v) is 6.85. The van der Waals surface area contributed by atoms with Crippen molar-refractivity contribution < 1.29 is 0 Å². The van der Waals surface area contributed by atoms with E-state index in [1.807, 2.05) is 0 Å². The zero-order chi connectivity index (χ0) is 6.78. The van der Waals surface area contributed by atoms with Crippen molar-refractivity contribution in [2.45, 2.75) is 33.1 Å². The van der Waals surface area contributed by atoms with Gasteiger partial charge in [-0.2, -0.15) is 0 Å². The van der Waals surface area contributed by atoms with Gasteiger partial charge in [0.1, 0.15) is 0 Å². The Kier molecular flexibility index (Phi) is 3.40. The molecule has 8 heavy (non-hydrogen) atoms. The van der Waals surface area contributed by atoms with Crippen LogP contribution in [0.25, 0.3) is 0 Å². The van der Waals surface area contributed by atoms with Crippen molar-refractivity contribution in [3.63, 3.8) is 0 Å². The van der Waals surface area contributed by atoms with Crippen LogP contribution in [0.2, 0.25) is 19.3 Å². The van der Waals surface area contributed by atoms with Crippen LogP contribution in [-0.2, 0) is 0 Å². The maximum absolute atomic E-state index is 2.49. The van der Waals surface area contributed by atoms with Gasteiger partial charge >= 0.3 is 57.4 Å². The molecule has 0 unspecified atom stereocenters. The van der Waals surface area contributed by atoms with E-state index >= 15 is 0 Å². The number of hydrogen-bond donors (Lipinski definition) is 0. The quantitative estimate of drug-likeness (QED) is 0.628. The summed E-state index contributed by atoms with van der Waals surface area (Å²) in [5.41, 5.74) is 0. The molecular weight excluding hydrogens is 203 g/mol. The predicted octanol–water partition coefficient (Wildman–Crippen LogP) is 2.98. The molecular formula is C7H18Sn. The molecule has 1 heteroatoms. The molecule has 0 aliphatic carbocycles. The molecule has 0 rings (SSSR count). The maximum atomic E-state index is 2.49. The first-order chi connectivity index (χ1) is 3.42. The molecule has 0 aromatic rings. The van der Waals surface area contributed by atoms with E-state index in [4.69, 9.17) is 0 Å². The van der Waals surface area contributed by atoms with Crippen molar-refractivity contribution in [3.05, 3.63) is 0 Å². The monoisotopic (exact) mass is 222 g/mol. The first-order valence-electron chi connectivity index (χ1n) is 3.42. The molecule has 0 saturated carbocycles. The van der Waals surface area contributed by atoms with E-state index in [1.54, 1.807) is 0 Å². The summed E-state index contributed by atoms with van der Waals surface area (Å²) in [7, 11) is 0. The average molecular weight is 221 g/mol. The molecule has 0 aliphatic heterocycles. The third-order valence-electron chi connectivity index (χ3n) is 1.02. The Morgan fingerprint density at radius 2 is 1.50 bits per heavy atom. The molecule has 0 bridgehead atoms. The van der Waals surface area contributed by atoms with Gasteiger partial charge in [-0.1, -0.05) is 0 Å². The molecule has 0 atom stereocenters. The summed E-state index contributed by atoms with van der Waals surface area (Å²) in [6, 6.07) is 0. The normalized spacial score (nSPS) is 12.8. The molecule has 0 nitrogen and oxygen atoms in total. The van der Waals surface area contributed by atoms with Gasteiger partial charge in [0.2, 0.25) is 0 Å². The molecule has 0 N–H and O–H groups in total. The van der Waals surface area contributed by atoms with Crippen LogP contribution in [-0.4, -0.2) is 18.4 Å². The van der Waals surface area contributed by atoms with Gasteiger partial charge in [-0.15, -0.1) is 0 Å². The van der Waals surface area contributed by atoms with Crippen molar-refractivity contribution in [1.29, 1.82) is 0 Å². The Hall–Kier alpha value is 0.799. The summed E-state index contributed by atoms with van der Waals surface area (Å²) in [6.07, 6.45) is 0. The Balaban J connectivity index is 3.39. The topological polar surface area (TPSA) is 0 Å². The Labute approximate surface area is 57.5 Å². The fraction of sp³-hybridized carbons (Fsp3) is 1.00. The SMILES string of the molecule is CC(C)[CH2][Sn]([CH3])([CH3])[CH3]. The predicted molar refractivity (Wildman–Crippen MR) is 43.0 cm³/mol. The van der Waals surface area contributed by atoms with Crippen molar-refractivity contribution in [2.24, 2.45) is 5.92 Å². The third kappa shape index (κ3) is 6.80. The summed E-state index contributed by atoms with van der Waals surface area (Å²) >= 11 is -1.36. The Morgan fingerprint density at radius 1 is 1.12 bits per heavy atom. The molecule has 0 amide bonds. The number of rotatable bonds is 2. The minimum atomic E-state index is -1.36. The summed E-state index contributed by atoms with van der Waals surface area (Å²) in [6.45, 7) is 4.64. The summed E-state index contributed by atoms with van der Waals surface area (Å²) < 4.78 is 1.54. The second-order valence-corrected chi connectivity index (χ2v) is 19.9. The van der Waals surface area contributed by atoms with E-state index in [9.17, 15) is 0 Å². The van der Waals surface area contributed by atoms with Gasteiger partial charge in [-0.25, -0.2) is 0 Å². The van der Waals surface area contributed by atoms with E-state index in [0.29, 0.717) is 0 Å². The standard InChI is InChI=1S/C4H9.3CH3.Sn/c1-4(2)3;;;;/h4H,1H2,2-3H3;3*1H3;. The van der Waals surface area contributed by atoms with Gasteiger partial charge in [-0.05, 0) is 0 Å². The molecule has 0 saturated heterocycles. The Bertz CT molecular complexity index is 59.3. The van der Waals surface area contributed by atoms with Gasteiger partial charge in [0.05, 0.1) is 0 Å². The fourth-order valence-electron chi connectivity index (χ4n) is 1.22. The molecule has 50 valence electrons. The van der Waals surface area contributed by atoms with Gasteiger partial charge < -0.3 is 0 Å². The molecule has 0 aromatic carbocycles. The molecule has 0 heterocycles. The van der Waals surface area contributed by atoms with Gasteiger partial charge in [0, 0.05) is 0 Å². The second-order valence-electron chi connectivity index (χ2n) is 4.16. The molecule has 0 fully saturated rings. The molecule has 0 radical (unpaired) electrons. The van der Waals surface area contributed by atoms with Gasteiger partial charge in [0.15, 0.2) is 0 Å². The van der Waals surface area contributed by atoms with Crippen LogP contribution in [0.4, 0.5) is 0 Å². The summed E-state index contributed by atoms with van der Waals surface area (Å²) in [5.74, 6) is 0.936. The van der Waals surface area contributed by atoms with Gasteiger partial charge in [0.25, 0.3) is 0 Å². The van der Waals surface area contributed by atoms with Crippen LogP contribution in [0, 0.1) is 5.92 Å². The Morgan fingerprint density at radius 3 is 1.50 bits per heavy atom.